The number of aliphatic hydroxyl groups excluding tert-OH is 1. The Morgan fingerprint density at radius 2 is 1.82 bits per heavy atom. The highest BCUT2D eigenvalue weighted by Crippen LogP contribution is 2.25. The lowest BCUT2D eigenvalue weighted by Crippen LogP contribution is -2.37. The van der Waals surface area contributed by atoms with Crippen LogP contribution in [-0.2, 0) is 24.4 Å². The van der Waals surface area contributed by atoms with E-state index in [1.807, 2.05) is 0 Å². The second-order valence-corrected chi connectivity index (χ2v) is 9.20. The van der Waals surface area contributed by atoms with Crippen LogP contribution < -0.4 is 11.0 Å². The molecule has 2 heterocycles. The molecule has 0 aliphatic heterocycles. The van der Waals surface area contributed by atoms with Crippen molar-refractivity contribution in [2.45, 2.75) is 38.9 Å². The van der Waals surface area contributed by atoms with Crippen molar-refractivity contribution in [3.63, 3.8) is 0 Å². The number of nitrogens with one attached hydrogen (secondary N) is 1. The number of aromatic nitrogens is 6. The van der Waals surface area contributed by atoms with Crippen molar-refractivity contribution in [3.05, 3.63) is 80.7 Å². The number of alkyl halides is 3. The van der Waals surface area contributed by atoms with Crippen LogP contribution in [0.5, 0.6) is 0 Å². The molecule has 0 aliphatic carbocycles. The molecule has 1 amide bonds. The van der Waals surface area contributed by atoms with E-state index >= 15 is 0 Å². The molecule has 40 heavy (non-hydrogen) atoms. The quantitative estimate of drug-likeness (QED) is 0.299. The SMILES string of the molecule is CCNC(=O)OCc1nc(Cn2nc(-c3ccc(Cl)cc3)n(CC(O)C(F)(F)F)c2=O)nn1-c1ccccc1Cl. The Balaban J connectivity index is 1.74. The molecular formula is C24H22Cl2F3N7O4. The highest BCUT2D eigenvalue weighted by Gasteiger charge is 2.39. The first kappa shape index (κ1) is 29.1. The number of alkyl carbamates (subject to hydrolysis) is 1. The van der Waals surface area contributed by atoms with Crippen LogP contribution in [0, 0.1) is 0 Å². The van der Waals surface area contributed by atoms with Crippen molar-refractivity contribution >= 4 is 29.3 Å². The summed E-state index contributed by atoms with van der Waals surface area (Å²) in [4.78, 5) is 29.4. The maximum atomic E-state index is 13.2. The third-order valence-electron chi connectivity index (χ3n) is 5.50. The topological polar surface area (TPSA) is 129 Å². The Kier molecular flexibility index (Phi) is 8.81. The third kappa shape index (κ3) is 6.63. The molecule has 4 aromatic rings. The Bertz CT molecular complexity index is 1550. The first-order chi connectivity index (χ1) is 19.0. The monoisotopic (exact) mass is 599 g/mol. The highest BCUT2D eigenvalue weighted by atomic mass is 35.5. The standard InChI is InChI=1S/C24H22Cl2F3N7O4/c1-2-30-22(38)40-13-20-31-19(32-36(20)17-6-4-3-5-16(17)26)12-35-23(39)34(11-18(37)24(27,28)29)21(33-35)14-7-9-15(25)10-8-14/h3-10,18,37H,2,11-13H2,1H3,(H,30,38). The summed E-state index contributed by atoms with van der Waals surface area (Å²) in [5.41, 5.74) is -0.242. The third-order valence-corrected chi connectivity index (χ3v) is 6.07. The number of benzene rings is 2. The zero-order valence-corrected chi connectivity index (χ0v) is 22.3. The van der Waals surface area contributed by atoms with Crippen molar-refractivity contribution in [2.75, 3.05) is 6.54 Å². The largest absolute Gasteiger partial charge is 0.441 e. The molecule has 0 bridgehead atoms. The predicted molar refractivity (Wildman–Crippen MR) is 138 cm³/mol. The molecule has 2 aromatic carbocycles. The molecule has 0 spiro atoms. The molecule has 0 aliphatic rings. The second kappa shape index (κ2) is 12.1. The lowest BCUT2D eigenvalue weighted by atomic mass is 10.2. The van der Waals surface area contributed by atoms with Gasteiger partial charge in [0.15, 0.2) is 30.2 Å². The fourth-order valence-corrected chi connectivity index (χ4v) is 3.97. The number of hydrogen-bond acceptors (Lipinski definition) is 7. The zero-order valence-electron chi connectivity index (χ0n) is 20.8. The zero-order chi connectivity index (χ0) is 29.0. The van der Waals surface area contributed by atoms with Crippen LogP contribution in [0.15, 0.2) is 53.3 Å². The number of hydrogen-bond donors (Lipinski definition) is 2. The molecule has 11 nitrogen and oxygen atoms in total. The van der Waals surface area contributed by atoms with Gasteiger partial charge in [-0.05, 0) is 43.3 Å². The van der Waals surface area contributed by atoms with Gasteiger partial charge in [-0.2, -0.15) is 13.2 Å². The molecule has 2 aromatic heterocycles. The van der Waals surface area contributed by atoms with Gasteiger partial charge in [-0.15, -0.1) is 10.2 Å². The van der Waals surface area contributed by atoms with Gasteiger partial charge >= 0.3 is 18.0 Å². The van der Waals surface area contributed by atoms with Crippen molar-refractivity contribution < 1.29 is 27.8 Å². The molecule has 0 radical (unpaired) electrons. The van der Waals surface area contributed by atoms with Crippen LogP contribution in [0.4, 0.5) is 18.0 Å². The summed E-state index contributed by atoms with van der Waals surface area (Å²) in [6, 6.07) is 12.6. The van der Waals surface area contributed by atoms with Crippen LogP contribution >= 0.6 is 23.2 Å². The number of ether oxygens (including phenoxy) is 1. The lowest BCUT2D eigenvalue weighted by molar-refractivity contribution is -0.207. The van der Waals surface area contributed by atoms with Gasteiger partial charge in [-0.25, -0.2) is 23.9 Å². The van der Waals surface area contributed by atoms with Crippen molar-refractivity contribution in [3.8, 4) is 17.1 Å². The van der Waals surface area contributed by atoms with Gasteiger partial charge in [0.1, 0.15) is 6.54 Å². The second-order valence-electron chi connectivity index (χ2n) is 8.35. The average Bonchev–Trinajstić information content (AvgIpc) is 3.44. The van der Waals surface area contributed by atoms with Crippen molar-refractivity contribution in [1.29, 1.82) is 0 Å². The molecule has 2 N–H and O–H groups in total. The first-order valence-corrected chi connectivity index (χ1v) is 12.5. The number of aliphatic hydroxyl groups is 1. The molecule has 4 rings (SSSR count). The average molecular weight is 600 g/mol. The number of para-hydroxylation sites is 1. The summed E-state index contributed by atoms with van der Waals surface area (Å²) in [6.07, 6.45) is -8.47. The van der Waals surface area contributed by atoms with Crippen LogP contribution in [0.1, 0.15) is 18.6 Å². The van der Waals surface area contributed by atoms with Crippen LogP contribution in [0.2, 0.25) is 10.0 Å². The van der Waals surface area contributed by atoms with E-state index in [0.717, 1.165) is 4.68 Å². The fourth-order valence-electron chi connectivity index (χ4n) is 3.63. The van der Waals surface area contributed by atoms with E-state index in [9.17, 15) is 27.9 Å². The van der Waals surface area contributed by atoms with Gasteiger partial charge in [-0.1, -0.05) is 35.3 Å². The number of nitrogens with zero attached hydrogens (tertiary/aromatic N) is 6. The van der Waals surface area contributed by atoms with Crippen molar-refractivity contribution in [1.82, 2.24) is 34.4 Å². The maximum absolute atomic E-state index is 13.2. The summed E-state index contributed by atoms with van der Waals surface area (Å²) >= 11 is 12.2. The molecular weight excluding hydrogens is 578 g/mol. The normalized spacial score (nSPS) is 12.4. The summed E-state index contributed by atoms with van der Waals surface area (Å²) in [5.74, 6) is 0.0581. The maximum Gasteiger partial charge on any atom is 0.416 e. The van der Waals surface area contributed by atoms with E-state index in [2.05, 4.69) is 20.5 Å². The molecule has 0 saturated heterocycles. The molecule has 1 atom stereocenters. The minimum absolute atomic E-state index is 0.0280. The summed E-state index contributed by atoms with van der Waals surface area (Å²) in [5, 5.41) is 21.4. The van der Waals surface area contributed by atoms with E-state index < -0.39 is 30.6 Å². The molecule has 0 saturated carbocycles. The van der Waals surface area contributed by atoms with Gasteiger partial charge in [0.05, 0.1) is 17.3 Å². The first-order valence-electron chi connectivity index (χ1n) is 11.8. The van der Waals surface area contributed by atoms with Gasteiger partial charge in [0.25, 0.3) is 0 Å². The minimum atomic E-state index is -4.97. The van der Waals surface area contributed by atoms with E-state index in [1.165, 1.54) is 28.9 Å². The number of carbonyl (C=O) groups excluding carboxylic acids is 1. The van der Waals surface area contributed by atoms with E-state index in [0.29, 0.717) is 32.4 Å². The Morgan fingerprint density at radius 3 is 2.48 bits per heavy atom. The van der Waals surface area contributed by atoms with Gasteiger partial charge in [0, 0.05) is 17.1 Å². The van der Waals surface area contributed by atoms with Crippen LogP contribution in [-0.4, -0.2) is 59.1 Å². The van der Waals surface area contributed by atoms with E-state index in [4.69, 9.17) is 27.9 Å². The number of amides is 1. The van der Waals surface area contributed by atoms with Crippen LogP contribution in [0.3, 0.4) is 0 Å². The lowest BCUT2D eigenvalue weighted by Gasteiger charge is -2.15. The van der Waals surface area contributed by atoms with Gasteiger partial charge in [0.2, 0.25) is 0 Å². The van der Waals surface area contributed by atoms with E-state index in [1.54, 1.807) is 31.2 Å². The van der Waals surface area contributed by atoms with Gasteiger partial charge in [-0.3, -0.25) is 4.57 Å². The molecule has 0 fully saturated rings. The highest BCUT2D eigenvalue weighted by molar-refractivity contribution is 6.32. The van der Waals surface area contributed by atoms with Crippen molar-refractivity contribution in [2.24, 2.45) is 0 Å². The van der Waals surface area contributed by atoms with Crippen LogP contribution in [0.25, 0.3) is 17.1 Å². The Morgan fingerprint density at radius 1 is 1.12 bits per heavy atom. The summed E-state index contributed by atoms with van der Waals surface area (Å²) in [6.45, 7) is 0.301. The Labute approximate surface area is 234 Å². The molecule has 1 unspecified atom stereocenters. The molecule has 212 valence electrons. The Hall–Kier alpha value is -3.88. The fraction of sp³-hybridized carbons (Fsp3) is 0.292. The van der Waals surface area contributed by atoms with Gasteiger partial charge < -0.3 is 15.2 Å². The number of carbonyl (C=O) groups is 1. The van der Waals surface area contributed by atoms with E-state index in [-0.39, 0.29) is 30.6 Å². The summed E-state index contributed by atoms with van der Waals surface area (Å²) in [7, 11) is 0. The number of rotatable bonds is 9. The number of halogens is 5. The summed E-state index contributed by atoms with van der Waals surface area (Å²) < 4.78 is 47.5. The minimum Gasteiger partial charge on any atom is -0.441 e. The molecule has 16 heteroatoms. The predicted octanol–water partition coefficient (Wildman–Crippen LogP) is 3.82. The smallest absolute Gasteiger partial charge is 0.416 e.